The van der Waals surface area contributed by atoms with Gasteiger partial charge >= 0.3 is 0 Å². The van der Waals surface area contributed by atoms with Crippen LogP contribution in [0.1, 0.15) is 13.8 Å². The molecule has 2 heteroatoms. The standard InChI is InChI=1S/C6H9NO/c1-3-6(5-8)7-4-2/h3-5H,1-2H3/b6-3-,7-4?. The first kappa shape index (κ1) is 7.08. The van der Waals surface area contributed by atoms with Crippen molar-refractivity contribution in [1.82, 2.24) is 0 Å². The quantitative estimate of drug-likeness (QED) is 0.299. The van der Waals surface area contributed by atoms with E-state index in [9.17, 15) is 4.79 Å². The average Bonchev–Trinajstić information content (AvgIpc) is 1.83. The van der Waals surface area contributed by atoms with Gasteiger partial charge in [-0.15, -0.1) is 0 Å². The second kappa shape index (κ2) is 4.24. The maximum atomic E-state index is 9.94. The van der Waals surface area contributed by atoms with Crippen LogP contribution in [-0.4, -0.2) is 12.5 Å². The Morgan fingerprint density at radius 2 is 2.12 bits per heavy atom. The van der Waals surface area contributed by atoms with E-state index in [1.165, 1.54) is 0 Å². The number of aliphatic imine (C=N–C) groups is 1. The highest BCUT2D eigenvalue weighted by Gasteiger charge is 1.80. The van der Waals surface area contributed by atoms with Crippen LogP contribution >= 0.6 is 0 Å². The third-order valence-corrected chi connectivity index (χ3v) is 0.695. The molecule has 0 amide bonds. The first-order chi connectivity index (χ1) is 3.85. The van der Waals surface area contributed by atoms with E-state index in [1.807, 2.05) is 0 Å². The van der Waals surface area contributed by atoms with Crippen LogP contribution in [0.3, 0.4) is 0 Å². The molecule has 0 aliphatic carbocycles. The largest absolute Gasteiger partial charge is 0.296 e. The molecule has 2 nitrogen and oxygen atoms in total. The first-order valence-corrected chi connectivity index (χ1v) is 2.45. The Hall–Kier alpha value is -0.920. The van der Waals surface area contributed by atoms with Crippen LogP contribution in [0.4, 0.5) is 0 Å². The zero-order valence-corrected chi connectivity index (χ0v) is 5.09. The van der Waals surface area contributed by atoms with E-state index >= 15 is 0 Å². The lowest BCUT2D eigenvalue weighted by Crippen LogP contribution is -1.76. The molecule has 0 aliphatic rings. The third-order valence-electron chi connectivity index (χ3n) is 0.695. The van der Waals surface area contributed by atoms with E-state index in [0.717, 1.165) is 6.29 Å². The molecule has 44 valence electrons. The number of carbonyl (C=O) groups excluding carboxylic acids is 1. The highest BCUT2D eigenvalue weighted by molar-refractivity contribution is 5.75. The molecule has 0 saturated carbocycles. The molecule has 0 aromatic carbocycles. The molecule has 0 heterocycles. The molecule has 0 rings (SSSR count). The van der Waals surface area contributed by atoms with Crippen LogP contribution in [0.15, 0.2) is 16.8 Å². The number of carbonyl (C=O) groups is 1. The number of allylic oxidation sites excluding steroid dienone is 2. The van der Waals surface area contributed by atoms with Gasteiger partial charge in [-0.3, -0.25) is 9.79 Å². The van der Waals surface area contributed by atoms with Crippen LogP contribution in [0.5, 0.6) is 0 Å². The minimum atomic E-state index is 0.479. The smallest absolute Gasteiger partial charge is 0.168 e. The van der Waals surface area contributed by atoms with Crippen molar-refractivity contribution in [2.24, 2.45) is 4.99 Å². The highest BCUT2D eigenvalue weighted by Crippen LogP contribution is 1.87. The van der Waals surface area contributed by atoms with Crippen molar-refractivity contribution in [3.8, 4) is 0 Å². The van der Waals surface area contributed by atoms with Gasteiger partial charge in [0.15, 0.2) is 6.29 Å². The summed E-state index contributed by atoms with van der Waals surface area (Å²) in [6.45, 7) is 3.55. The maximum Gasteiger partial charge on any atom is 0.168 e. The fourth-order valence-corrected chi connectivity index (χ4v) is 0.322. The molecule has 0 spiro atoms. The van der Waals surface area contributed by atoms with Crippen molar-refractivity contribution >= 4 is 12.5 Å². The van der Waals surface area contributed by atoms with Gasteiger partial charge < -0.3 is 0 Å². The van der Waals surface area contributed by atoms with Crippen LogP contribution in [-0.2, 0) is 4.79 Å². The molecular formula is C6H9NO. The molecule has 0 aliphatic heterocycles. The molecule has 0 atom stereocenters. The molecule has 0 saturated heterocycles. The van der Waals surface area contributed by atoms with Gasteiger partial charge in [-0.25, -0.2) is 0 Å². The number of nitrogens with zero attached hydrogens (tertiary/aromatic N) is 1. The lowest BCUT2D eigenvalue weighted by Gasteiger charge is -1.81. The van der Waals surface area contributed by atoms with Crippen molar-refractivity contribution < 1.29 is 4.79 Å². The molecule has 8 heavy (non-hydrogen) atoms. The van der Waals surface area contributed by atoms with Gasteiger partial charge in [0.2, 0.25) is 0 Å². The zero-order chi connectivity index (χ0) is 6.41. The average molecular weight is 111 g/mol. The van der Waals surface area contributed by atoms with Crippen molar-refractivity contribution in [2.75, 3.05) is 0 Å². The molecule has 0 fully saturated rings. The van der Waals surface area contributed by atoms with Crippen molar-refractivity contribution in [1.29, 1.82) is 0 Å². The van der Waals surface area contributed by atoms with Crippen LogP contribution in [0.25, 0.3) is 0 Å². The Morgan fingerprint density at radius 1 is 1.50 bits per heavy atom. The summed E-state index contributed by atoms with van der Waals surface area (Å²) in [6.07, 6.45) is 3.97. The lowest BCUT2D eigenvalue weighted by molar-refractivity contribution is -0.104. The Labute approximate surface area is 48.9 Å². The van der Waals surface area contributed by atoms with E-state index in [-0.39, 0.29) is 0 Å². The van der Waals surface area contributed by atoms with Crippen LogP contribution in [0, 0.1) is 0 Å². The summed E-state index contributed by atoms with van der Waals surface area (Å²) < 4.78 is 0. The predicted molar refractivity (Wildman–Crippen MR) is 34.0 cm³/mol. The Morgan fingerprint density at radius 3 is 2.25 bits per heavy atom. The van der Waals surface area contributed by atoms with Gasteiger partial charge in [-0.1, -0.05) is 6.08 Å². The van der Waals surface area contributed by atoms with E-state index in [2.05, 4.69) is 4.99 Å². The third kappa shape index (κ3) is 2.29. The Balaban J connectivity index is 3.91. The fraction of sp³-hybridized carbons (Fsp3) is 0.333. The van der Waals surface area contributed by atoms with Gasteiger partial charge in [0, 0.05) is 6.21 Å². The second-order valence-electron chi connectivity index (χ2n) is 1.22. The SMILES string of the molecule is CC=N/C(C=O)=C\C. The summed E-state index contributed by atoms with van der Waals surface area (Å²) in [5, 5.41) is 0. The Kier molecular flexibility index (Phi) is 3.76. The second-order valence-corrected chi connectivity index (χ2v) is 1.22. The molecule has 0 radical (unpaired) electrons. The van der Waals surface area contributed by atoms with Gasteiger partial charge in [0.1, 0.15) is 0 Å². The molecule has 0 N–H and O–H groups in total. The summed E-state index contributed by atoms with van der Waals surface area (Å²) in [5.74, 6) is 0. The number of hydrogen-bond donors (Lipinski definition) is 0. The van der Waals surface area contributed by atoms with E-state index in [4.69, 9.17) is 0 Å². The Bertz CT molecular complexity index is 124. The van der Waals surface area contributed by atoms with Crippen LogP contribution < -0.4 is 0 Å². The lowest BCUT2D eigenvalue weighted by atomic mass is 10.5. The number of aldehydes is 1. The molecular weight excluding hydrogens is 102 g/mol. The van der Waals surface area contributed by atoms with Gasteiger partial charge in [0.25, 0.3) is 0 Å². The van der Waals surface area contributed by atoms with Crippen molar-refractivity contribution in [2.45, 2.75) is 13.8 Å². The summed E-state index contributed by atoms with van der Waals surface area (Å²) in [6, 6.07) is 0. The molecule has 0 aromatic heterocycles. The minimum Gasteiger partial charge on any atom is -0.296 e. The summed E-state index contributed by atoms with van der Waals surface area (Å²) in [4.78, 5) is 13.7. The van der Waals surface area contributed by atoms with Crippen molar-refractivity contribution in [3.63, 3.8) is 0 Å². The topological polar surface area (TPSA) is 29.4 Å². The van der Waals surface area contributed by atoms with Crippen LogP contribution in [0.2, 0.25) is 0 Å². The summed E-state index contributed by atoms with van der Waals surface area (Å²) in [5.41, 5.74) is 0.479. The normalized spacial score (nSPS) is 12.5. The maximum absolute atomic E-state index is 9.94. The highest BCUT2D eigenvalue weighted by atomic mass is 16.1. The predicted octanol–water partition coefficient (Wildman–Crippen LogP) is 1.18. The molecule has 0 unspecified atom stereocenters. The first-order valence-electron chi connectivity index (χ1n) is 2.45. The molecule has 0 aromatic rings. The monoisotopic (exact) mass is 111 g/mol. The summed E-state index contributed by atoms with van der Waals surface area (Å²) >= 11 is 0. The number of hydrogen-bond acceptors (Lipinski definition) is 2. The minimum absolute atomic E-state index is 0.479. The number of rotatable bonds is 2. The summed E-state index contributed by atoms with van der Waals surface area (Å²) in [7, 11) is 0. The van der Waals surface area contributed by atoms with Crippen molar-refractivity contribution in [3.05, 3.63) is 11.8 Å². The molecule has 0 bridgehead atoms. The van der Waals surface area contributed by atoms with E-state index < -0.39 is 0 Å². The zero-order valence-electron chi connectivity index (χ0n) is 5.09. The van der Waals surface area contributed by atoms with E-state index in [0.29, 0.717) is 5.70 Å². The van der Waals surface area contributed by atoms with E-state index in [1.54, 1.807) is 26.1 Å². The van der Waals surface area contributed by atoms with Gasteiger partial charge in [-0.2, -0.15) is 0 Å². The van der Waals surface area contributed by atoms with Gasteiger partial charge in [0.05, 0.1) is 5.70 Å². The fourth-order valence-electron chi connectivity index (χ4n) is 0.322. The van der Waals surface area contributed by atoms with Gasteiger partial charge in [-0.05, 0) is 13.8 Å².